The molecule has 0 radical (unpaired) electrons. The number of fused-ring (bicyclic) bond motifs is 1. The molecule has 3 heterocycles. The van der Waals surface area contributed by atoms with Crippen molar-refractivity contribution >= 4 is 39.4 Å². The van der Waals surface area contributed by atoms with E-state index in [9.17, 15) is 19.8 Å². The normalized spacial score (nSPS) is 25.5. The number of hydrogen-bond acceptors (Lipinski definition) is 12. The van der Waals surface area contributed by atoms with E-state index in [-0.39, 0.29) is 24.1 Å². The Labute approximate surface area is 182 Å². The predicted octanol–water partition coefficient (Wildman–Crippen LogP) is -0.963. The lowest BCUT2D eigenvalue weighted by Gasteiger charge is -2.19. The second kappa shape index (κ2) is 9.04. The summed E-state index contributed by atoms with van der Waals surface area (Å²) in [6, 6.07) is -0.808. The molecule has 13 heteroatoms. The average Bonchev–Trinajstić information content (AvgIpc) is 3.19. The molecule has 0 saturated carbocycles. The zero-order valence-corrected chi connectivity index (χ0v) is 18.6. The van der Waals surface area contributed by atoms with Crippen LogP contribution in [0.4, 0.5) is 11.8 Å². The maximum absolute atomic E-state index is 12.7. The highest BCUT2D eigenvalue weighted by Gasteiger charge is 2.46. The van der Waals surface area contributed by atoms with Gasteiger partial charge in [0, 0.05) is 14.1 Å². The molecule has 0 amide bonds. The minimum absolute atomic E-state index is 0.0553. The summed E-state index contributed by atoms with van der Waals surface area (Å²) >= 11 is 0.872. The summed E-state index contributed by atoms with van der Waals surface area (Å²) in [7, 11) is 3.49. The molecule has 1 saturated heterocycles. The molecular formula is C18H28N6O6S. The summed E-state index contributed by atoms with van der Waals surface area (Å²) in [5.74, 6) is -0.314. The second-order valence-corrected chi connectivity index (χ2v) is 8.74. The molecule has 31 heavy (non-hydrogen) atoms. The Hall–Kier alpha value is -2.32. The summed E-state index contributed by atoms with van der Waals surface area (Å²) < 4.78 is 12.5. The van der Waals surface area contributed by atoms with Gasteiger partial charge in [0.1, 0.15) is 35.7 Å². The fraction of sp³-hybridized carbons (Fsp3) is 0.667. The molecule has 2 aromatic heterocycles. The summed E-state index contributed by atoms with van der Waals surface area (Å²) in [6.07, 6.45) is -4.45. The van der Waals surface area contributed by atoms with Gasteiger partial charge in [0.15, 0.2) is 17.7 Å². The van der Waals surface area contributed by atoms with E-state index in [1.165, 1.54) is 0 Å². The van der Waals surface area contributed by atoms with Crippen molar-refractivity contribution in [1.29, 1.82) is 0 Å². The first-order valence-electron chi connectivity index (χ1n) is 9.86. The summed E-state index contributed by atoms with van der Waals surface area (Å²) in [6.45, 7) is 3.41. The number of aliphatic hydroxyl groups excluding tert-OH is 2. The van der Waals surface area contributed by atoms with Crippen LogP contribution in [0.5, 0.6) is 0 Å². The molecule has 0 spiro atoms. The molecule has 1 fully saturated rings. The van der Waals surface area contributed by atoms with Gasteiger partial charge in [0.2, 0.25) is 5.95 Å². The highest BCUT2D eigenvalue weighted by Crippen LogP contribution is 2.34. The SMILES string of the molecule is CCC(C)[C@H](N)C(=O)OCC1O[C@@H](n2c(=O)sc3c(N(C)C)nc(N)nc32)[C@H](O)[C@@H]1O. The van der Waals surface area contributed by atoms with Crippen molar-refractivity contribution in [3.63, 3.8) is 0 Å². The van der Waals surface area contributed by atoms with Crippen LogP contribution in [0.25, 0.3) is 10.3 Å². The van der Waals surface area contributed by atoms with Crippen molar-refractivity contribution in [2.75, 3.05) is 31.3 Å². The number of aromatic nitrogens is 3. The van der Waals surface area contributed by atoms with Crippen LogP contribution >= 0.6 is 11.3 Å². The smallest absolute Gasteiger partial charge is 0.323 e. The van der Waals surface area contributed by atoms with E-state index in [2.05, 4.69) is 9.97 Å². The average molecular weight is 457 g/mol. The van der Waals surface area contributed by atoms with Gasteiger partial charge < -0.3 is 36.1 Å². The number of hydrogen-bond donors (Lipinski definition) is 4. The molecule has 0 aliphatic carbocycles. The van der Waals surface area contributed by atoms with Crippen LogP contribution < -0.4 is 21.2 Å². The number of nitrogens with two attached hydrogens (primary N) is 2. The van der Waals surface area contributed by atoms with E-state index >= 15 is 0 Å². The Morgan fingerprint density at radius 1 is 1.35 bits per heavy atom. The van der Waals surface area contributed by atoms with Gasteiger partial charge >= 0.3 is 10.8 Å². The van der Waals surface area contributed by atoms with Gasteiger partial charge in [-0.1, -0.05) is 31.6 Å². The number of anilines is 2. The Morgan fingerprint density at radius 3 is 2.65 bits per heavy atom. The number of carbonyl (C=O) groups excluding carboxylic acids is 1. The fourth-order valence-corrected chi connectivity index (χ4v) is 4.29. The Kier molecular flexibility index (Phi) is 6.81. The van der Waals surface area contributed by atoms with Crippen molar-refractivity contribution < 1.29 is 24.5 Å². The van der Waals surface area contributed by atoms with Crippen LogP contribution in [-0.2, 0) is 14.3 Å². The van der Waals surface area contributed by atoms with Gasteiger partial charge in [0.05, 0.1) is 0 Å². The number of rotatable bonds is 7. The first-order chi connectivity index (χ1) is 14.6. The Balaban J connectivity index is 1.85. The number of nitrogen functional groups attached to an aromatic ring is 1. The van der Waals surface area contributed by atoms with Crippen LogP contribution in [0.1, 0.15) is 26.5 Å². The zero-order valence-electron chi connectivity index (χ0n) is 17.8. The highest BCUT2D eigenvalue weighted by molar-refractivity contribution is 7.17. The lowest BCUT2D eigenvalue weighted by molar-refractivity contribution is -0.152. The topological polar surface area (TPSA) is 179 Å². The minimum Gasteiger partial charge on any atom is -0.462 e. The quantitative estimate of drug-likeness (QED) is 0.377. The molecule has 1 aliphatic heterocycles. The maximum Gasteiger partial charge on any atom is 0.323 e. The molecule has 3 rings (SSSR count). The highest BCUT2D eigenvalue weighted by atomic mass is 32.1. The standard InChI is InChI=1S/C18H28N6O6S/c1-5-7(2)9(19)16(27)29-6-8-10(25)11(26)15(30-8)24-14-12(31-18(24)28)13(23(3)4)21-17(20)22-14/h7-11,15,25-26H,5-6,19H2,1-4H3,(H2,20,21,22)/t7?,8?,9-,10+,11+,15+/m0/s1. The van der Waals surface area contributed by atoms with Gasteiger partial charge in [-0.2, -0.15) is 9.97 Å². The van der Waals surface area contributed by atoms with E-state index in [1.54, 1.807) is 19.0 Å². The van der Waals surface area contributed by atoms with Crippen molar-refractivity contribution in [2.24, 2.45) is 11.7 Å². The lowest BCUT2D eigenvalue weighted by Crippen LogP contribution is -2.40. The van der Waals surface area contributed by atoms with Crippen LogP contribution in [0, 0.1) is 5.92 Å². The number of nitrogens with zero attached hydrogens (tertiary/aromatic N) is 4. The van der Waals surface area contributed by atoms with Gasteiger partial charge in [-0.15, -0.1) is 0 Å². The van der Waals surface area contributed by atoms with Crippen LogP contribution in [0.2, 0.25) is 0 Å². The fourth-order valence-electron chi connectivity index (χ4n) is 3.28. The van der Waals surface area contributed by atoms with Crippen LogP contribution in [-0.4, -0.2) is 75.8 Å². The molecule has 1 aliphatic rings. The van der Waals surface area contributed by atoms with E-state index in [1.807, 2.05) is 13.8 Å². The van der Waals surface area contributed by atoms with Gasteiger partial charge in [-0.25, -0.2) is 0 Å². The third-order valence-electron chi connectivity index (χ3n) is 5.40. The largest absolute Gasteiger partial charge is 0.462 e. The number of thiazole rings is 1. The predicted molar refractivity (Wildman–Crippen MR) is 115 cm³/mol. The zero-order chi connectivity index (χ0) is 23.0. The van der Waals surface area contributed by atoms with E-state index < -0.39 is 41.4 Å². The molecule has 6 N–H and O–H groups in total. The molecule has 0 bridgehead atoms. The van der Waals surface area contributed by atoms with Gasteiger partial charge in [-0.3, -0.25) is 14.2 Å². The van der Waals surface area contributed by atoms with Crippen molar-refractivity contribution in [3.05, 3.63) is 9.67 Å². The van der Waals surface area contributed by atoms with Gasteiger partial charge in [-0.05, 0) is 5.92 Å². The van der Waals surface area contributed by atoms with E-state index in [0.29, 0.717) is 16.9 Å². The third kappa shape index (κ3) is 4.36. The summed E-state index contributed by atoms with van der Waals surface area (Å²) in [5.41, 5.74) is 11.8. The minimum atomic E-state index is -1.46. The lowest BCUT2D eigenvalue weighted by atomic mass is 10.0. The molecule has 6 atom stereocenters. The summed E-state index contributed by atoms with van der Waals surface area (Å²) in [5, 5.41) is 21.0. The van der Waals surface area contributed by atoms with Crippen molar-refractivity contribution in [2.45, 2.75) is 50.8 Å². The molecule has 2 unspecified atom stereocenters. The van der Waals surface area contributed by atoms with Crippen molar-refractivity contribution in [1.82, 2.24) is 14.5 Å². The number of esters is 1. The second-order valence-electron chi connectivity index (χ2n) is 7.78. The third-order valence-corrected chi connectivity index (χ3v) is 6.34. The monoisotopic (exact) mass is 456 g/mol. The first kappa shape index (κ1) is 23.3. The van der Waals surface area contributed by atoms with Crippen molar-refractivity contribution in [3.8, 4) is 0 Å². The Bertz CT molecular complexity index is 1010. The molecule has 2 aromatic rings. The van der Waals surface area contributed by atoms with E-state index in [0.717, 1.165) is 15.9 Å². The summed E-state index contributed by atoms with van der Waals surface area (Å²) in [4.78, 5) is 34.3. The number of aliphatic hydroxyl groups is 2. The number of carbonyl (C=O) groups is 1. The van der Waals surface area contributed by atoms with E-state index in [4.69, 9.17) is 20.9 Å². The Morgan fingerprint density at radius 2 is 2.03 bits per heavy atom. The molecular weight excluding hydrogens is 428 g/mol. The molecule has 12 nitrogen and oxygen atoms in total. The maximum atomic E-state index is 12.7. The molecule has 0 aromatic carbocycles. The van der Waals surface area contributed by atoms with Crippen LogP contribution in [0.3, 0.4) is 0 Å². The van der Waals surface area contributed by atoms with Gasteiger partial charge in [0.25, 0.3) is 0 Å². The molecule has 172 valence electrons. The first-order valence-corrected chi connectivity index (χ1v) is 10.7. The number of ether oxygens (including phenoxy) is 2. The van der Waals surface area contributed by atoms with Crippen LogP contribution in [0.15, 0.2) is 4.79 Å².